The van der Waals surface area contributed by atoms with E-state index in [2.05, 4.69) is 0 Å². The maximum absolute atomic E-state index is 11.6. The molecular weight excluding hydrogens is 244 g/mol. The quantitative estimate of drug-likeness (QED) is 0.847. The van der Waals surface area contributed by atoms with E-state index in [0.717, 1.165) is 29.7 Å². The van der Waals surface area contributed by atoms with Gasteiger partial charge in [0.05, 0.1) is 20.1 Å². The second-order valence-corrected chi connectivity index (χ2v) is 4.89. The predicted octanol–water partition coefficient (Wildman–Crippen LogP) is 2.17. The van der Waals surface area contributed by atoms with Crippen molar-refractivity contribution in [2.75, 3.05) is 13.7 Å². The number of hydrogen-bond acceptors (Lipinski definition) is 4. The molecular formula is C15H20O4. The lowest BCUT2D eigenvalue weighted by molar-refractivity contribution is -0.149. The molecule has 0 spiro atoms. The Hall–Kier alpha value is -1.55. The minimum atomic E-state index is -1.11. The second-order valence-electron chi connectivity index (χ2n) is 4.89. The summed E-state index contributed by atoms with van der Waals surface area (Å²) in [6.07, 6.45) is 2.36. The van der Waals surface area contributed by atoms with E-state index in [1.54, 1.807) is 14.0 Å². The monoisotopic (exact) mass is 264 g/mol. The molecule has 0 heterocycles. The summed E-state index contributed by atoms with van der Waals surface area (Å²) in [6.45, 7) is 2.10. The Morgan fingerprint density at radius 3 is 2.95 bits per heavy atom. The Balaban J connectivity index is 2.27. The first-order valence-corrected chi connectivity index (χ1v) is 6.64. The van der Waals surface area contributed by atoms with E-state index in [1.807, 2.05) is 18.2 Å². The van der Waals surface area contributed by atoms with Crippen LogP contribution in [-0.2, 0) is 21.6 Å². The molecule has 1 N–H and O–H groups in total. The smallest absolute Gasteiger partial charge is 0.309 e. The van der Waals surface area contributed by atoms with Gasteiger partial charge in [0.15, 0.2) is 0 Å². The van der Waals surface area contributed by atoms with Gasteiger partial charge in [-0.3, -0.25) is 4.79 Å². The zero-order valence-corrected chi connectivity index (χ0v) is 11.4. The molecule has 0 saturated carbocycles. The van der Waals surface area contributed by atoms with Crippen LogP contribution < -0.4 is 4.74 Å². The molecule has 4 heteroatoms. The second kappa shape index (κ2) is 5.61. The number of esters is 1. The summed E-state index contributed by atoms with van der Waals surface area (Å²) in [7, 11) is 1.62. The highest BCUT2D eigenvalue weighted by Gasteiger charge is 2.37. The molecule has 1 atom stereocenters. The molecule has 1 aromatic carbocycles. The lowest BCUT2D eigenvalue weighted by atomic mass is 9.77. The predicted molar refractivity (Wildman–Crippen MR) is 71.1 cm³/mol. The van der Waals surface area contributed by atoms with Crippen molar-refractivity contribution in [3.63, 3.8) is 0 Å². The molecule has 1 aromatic rings. The number of ether oxygens (including phenoxy) is 2. The first-order chi connectivity index (χ1) is 9.09. The van der Waals surface area contributed by atoms with Gasteiger partial charge < -0.3 is 14.6 Å². The standard InChI is InChI=1S/C15H20O4/c1-3-19-14(16)10-15(17)8-4-5-11-9-12(18-2)6-7-13(11)15/h6-7,9,17H,3-5,8,10H2,1-2H3. The summed E-state index contributed by atoms with van der Waals surface area (Å²) < 4.78 is 10.1. The van der Waals surface area contributed by atoms with Crippen LogP contribution in [0, 0.1) is 0 Å². The summed E-state index contributed by atoms with van der Waals surface area (Å²) in [4.78, 5) is 11.6. The van der Waals surface area contributed by atoms with Crippen molar-refractivity contribution in [1.29, 1.82) is 0 Å². The molecule has 0 bridgehead atoms. The molecule has 4 nitrogen and oxygen atoms in total. The van der Waals surface area contributed by atoms with Gasteiger partial charge in [0.2, 0.25) is 0 Å². The van der Waals surface area contributed by atoms with Crippen LogP contribution in [0.15, 0.2) is 18.2 Å². The van der Waals surface area contributed by atoms with Crippen LogP contribution in [0.4, 0.5) is 0 Å². The zero-order chi connectivity index (χ0) is 13.9. The number of fused-ring (bicyclic) bond motifs is 1. The molecule has 0 aromatic heterocycles. The lowest BCUT2D eigenvalue weighted by Crippen LogP contribution is -2.33. The van der Waals surface area contributed by atoms with Crippen molar-refractivity contribution in [2.45, 2.75) is 38.2 Å². The van der Waals surface area contributed by atoms with Gasteiger partial charge in [0.25, 0.3) is 0 Å². The molecule has 1 aliphatic rings. The lowest BCUT2D eigenvalue weighted by Gasteiger charge is -2.34. The van der Waals surface area contributed by atoms with Gasteiger partial charge in [-0.25, -0.2) is 0 Å². The molecule has 1 unspecified atom stereocenters. The van der Waals surface area contributed by atoms with Gasteiger partial charge in [-0.2, -0.15) is 0 Å². The number of rotatable bonds is 4. The van der Waals surface area contributed by atoms with E-state index >= 15 is 0 Å². The number of methoxy groups -OCH3 is 1. The van der Waals surface area contributed by atoms with Crippen LogP contribution in [0.1, 0.15) is 37.3 Å². The third-order valence-corrected chi connectivity index (χ3v) is 3.59. The number of carbonyl (C=O) groups is 1. The number of benzene rings is 1. The summed E-state index contributed by atoms with van der Waals surface area (Å²) >= 11 is 0. The normalized spacial score (nSPS) is 21.6. The average molecular weight is 264 g/mol. The van der Waals surface area contributed by atoms with Crippen LogP contribution in [0.5, 0.6) is 5.75 Å². The number of aryl methyl sites for hydroxylation is 1. The van der Waals surface area contributed by atoms with Crippen molar-refractivity contribution in [1.82, 2.24) is 0 Å². The van der Waals surface area contributed by atoms with E-state index in [-0.39, 0.29) is 12.4 Å². The maximum Gasteiger partial charge on any atom is 0.309 e. The van der Waals surface area contributed by atoms with Crippen LogP contribution in [0.2, 0.25) is 0 Å². The molecule has 2 rings (SSSR count). The minimum Gasteiger partial charge on any atom is -0.497 e. The van der Waals surface area contributed by atoms with Gasteiger partial charge in [-0.05, 0) is 49.4 Å². The Morgan fingerprint density at radius 1 is 1.47 bits per heavy atom. The summed E-state index contributed by atoms with van der Waals surface area (Å²) in [5, 5.41) is 10.7. The van der Waals surface area contributed by atoms with Crippen LogP contribution in [-0.4, -0.2) is 24.8 Å². The molecule has 19 heavy (non-hydrogen) atoms. The fraction of sp³-hybridized carbons (Fsp3) is 0.533. The molecule has 0 fully saturated rings. The van der Waals surface area contributed by atoms with E-state index in [1.165, 1.54) is 0 Å². The molecule has 1 aliphatic carbocycles. The summed E-state index contributed by atoms with van der Waals surface area (Å²) in [5.74, 6) is 0.424. The van der Waals surface area contributed by atoms with Crippen LogP contribution >= 0.6 is 0 Å². The Labute approximate surface area is 113 Å². The number of hydrogen-bond donors (Lipinski definition) is 1. The van der Waals surface area contributed by atoms with Crippen LogP contribution in [0.25, 0.3) is 0 Å². The summed E-state index contributed by atoms with van der Waals surface area (Å²) in [6, 6.07) is 5.61. The number of aliphatic hydroxyl groups is 1. The van der Waals surface area contributed by atoms with Crippen molar-refractivity contribution in [3.8, 4) is 5.75 Å². The van der Waals surface area contributed by atoms with E-state index < -0.39 is 5.60 Å². The average Bonchev–Trinajstić information content (AvgIpc) is 2.38. The van der Waals surface area contributed by atoms with Crippen molar-refractivity contribution in [2.24, 2.45) is 0 Å². The highest BCUT2D eigenvalue weighted by Crippen LogP contribution is 2.39. The molecule has 104 valence electrons. The Kier molecular flexibility index (Phi) is 4.10. The topological polar surface area (TPSA) is 55.8 Å². The molecule has 0 saturated heterocycles. The largest absolute Gasteiger partial charge is 0.497 e. The van der Waals surface area contributed by atoms with Gasteiger partial charge in [-0.1, -0.05) is 6.07 Å². The minimum absolute atomic E-state index is 0.0141. The van der Waals surface area contributed by atoms with Gasteiger partial charge >= 0.3 is 5.97 Å². The van der Waals surface area contributed by atoms with Gasteiger partial charge in [-0.15, -0.1) is 0 Å². The van der Waals surface area contributed by atoms with Crippen molar-refractivity contribution >= 4 is 5.97 Å². The summed E-state index contributed by atoms with van der Waals surface area (Å²) in [5.41, 5.74) is 0.775. The van der Waals surface area contributed by atoms with Crippen LogP contribution in [0.3, 0.4) is 0 Å². The first kappa shape index (κ1) is 13.9. The van der Waals surface area contributed by atoms with E-state index in [4.69, 9.17) is 9.47 Å². The maximum atomic E-state index is 11.6. The van der Waals surface area contributed by atoms with Gasteiger partial charge in [0.1, 0.15) is 11.4 Å². The Bertz CT molecular complexity index is 469. The van der Waals surface area contributed by atoms with Gasteiger partial charge in [0, 0.05) is 0 Å². The SMILES string of the molecule is CCOC(=O)CC1(O)CCCc2cc(OC)ccc21. The molecule has 0 aliphatic heterocycles. The fourth-order valence-electron chi connectivity index (χ4n) is 2.70. The molecule has 0 amide bonds. The van der Waals surface area contributed by atoms with E-state index in [0.29, 0.717) is 13.0 Å². The van der Waals surface area contributed by atoms with Crippen molar-refractivity contribution < 1.29 is 19.4 Å². The van der Waals surface area contributed by atoms with E-state index in [9.17, 15) is 9.90 Å². The highest BCUT2D eigenvalue weighted by atomic mass is 16.5. The third-order valence-electron chi connectivity index (χ3n) is 3.59. The fourth-order valence-corrected chi connectivity index (χ4v) is 2.70. The Morgan fingerprint density at radius 2 is 2.26 bits per heavy atom. The first-order valence-electron chi connectivity index (χ1n) is 6.64. The zero-order valence-electron chi connectivity index (χ0n) is 11.4. The highest BCUT2D eigenvalue weighted by molar-refractivity contribution is 5.71. The number of carbonyl (C=O) groups excluding carboxylic acids is 1. The third kappa shape index (κ3) is 2.89. The van der Waals surface area contributed by atoms with Crippen molar-refractivity contribution in [3.05, 3.63) is 29.3 Å². The molecule has 0 radical (unpaired) electrons.